The Labute approximate surface area is 99.6 Å². The molecule has 2 heteroatoms. The summed E-state index contributed by atoms with van der Waals surface area (Å²) in [6.07, 6.45) is 3.85. The maximum atomic E-state index is 3.50. The predicted octanol–water partition coefficient (Wildman–Crippen LogP) is 5.12. The third kappa shape index (κ3) is 4.05. The van der Waals surface area contributed by atoms with Crippen LogP contribution in [0.4, 0.5) is 0 Å². The van der Waals surface area contributed by atoms with Crippen molar-refractivity contribution in [3.8, 4) is 0 Å². The molecule has 0 bridgehead atoms. The van der Waals surface area contributed by atoms with Crippen LogP contribution in [0.1, 0.15) is 33.1 Å². The number of halogens is 1. The maximum absolute atomic E-state index is 3.50. The smallest absolute Gasteiger partial charge is 0.0186 e. The van der Waals surface area contributed by atoms with E-state index in [4.69, 9.17) is 0 Å². The van der Waals surface area contributed by atoms with E-state index in [0.29, 0.717) is 0 Å². The molecule has 1 aromatic carbocycles. The van der Waals surface area contributed by atoms with E-state index in [1.807, 2.05) is 11.8 Å². The highest BCUT2D eigenvalue weighted by molar-refractivity contribution is 9.10. The lowest BCUT2D eigenvalue weighted by Gasteiger charge is -2.13. The molecule has 0 saturated carbocycles. The van der Waals surface area contributed by atoms with Crippen molar-refractivity contribution in [1.82, 2.24) is 0 Å². The molecule has 0 aromatic heterocycles. The molecule has 0 amide bonds. The first kappa shape index (κ1) is 12.1. The molecule has 0 aliphatic rings. The van der Waals surface area contributed by atoms with E-state index < -0.39 is 0 Å². The normalized spacial score (nSPS) is 12.8. The Bertz CT molecular complexity index is 273. The second-order valence-electron chi connectivity index (χ2n) is 3.39. The Morgan fingerprint density at radius 2 is 2.14 bits per heavy atom. The minimum atomic E-state index is 0.772. The lowest BCUT2D eigenvalue weighted by atomic mass is 10.2. The van der Waals surface area contributed by atoms with Crippen molar-refractivity contribution in [3.63, 3.8) is 0 Å². The SMILES string of the molecule is CCCC(CC)Sc1cccc(Br)c1. The Morgan fingerprint density at radius 3 is 2.71 bits per heavy atom. The van der Waals surface area contributed by atoms with Gasteiger partial charge in [-0.05, 0) is 31.0 Å². The number of benzene rings is 1. The van der Waals surface area contributed by atoms with Crippen molar-refractivity contribution in [2.24, 2.45) is 0 Å². The number of hydrogen-bond donors (Lipinski definition) is 0. The zero-order chi connectivity index (χ0) is 10.4. The molecule has 1 aromatic rings. The van der Waals surface area contributed by atoms with Gasteiger partial charge >= 0.3 is 0 Å². The third-order valence-corrected chi connectivity index (χ3v) is 4.09. The summed E-state index contributed by atoms with van der Waals surface area (Å²) >= 11 is 5.50. The van der Waals surface area contributed by atoms with Crippen molar-refractivity contribution < 1.29 is 0 Å². The molecule has 0 aliphatic carbocycles. The highest BCUT2D eigenvalue weighted by atomic mass is 79.9. The van der Waals surface area contributed by atoms with Crippen LogP contribution in [0.5, 0.6) is 0 Å². The molecule has 0 heterocycles. The van der Waals surface area contributed by atoms with Crippen LogP contribution in [0.2, 0.25) is 0 Å². The topological polar surface area (TPSA) is 0 Å². The fraction of sp³-hybridized carbons (Fsp3) is 0.500. The standard InChI is InChI=1S/C12H17BrS/c1-3-6-11(4-2)14-12-8-5-7-10(13)9-12/h5,7-9,11H,3-4,6H2,1-2H3. The molecule has 1 rings (SSSR count). The van der Waals surface area contributed by atoms with E-state index in [9.17, 15) is 0 Å². The highest BCUT2D eigenvalue weighted by Crippen LogP contribution is 2.29. The molecular weight excluding hydrogens is 256 g/mol. The largest absolute Gasteiger partial charge is 0.123 e. The number of hydrogen-bond acceptors (Lipinski definition) is 1. The summed E-state index contributed by atoms with van der Waals surface area (Å²) in [6, 6.07) is 8.56. The van der Waals surface area contributed by atoms with Crippen molar-refractivity contribution in [2.75, 3.05) is 0 Å². The van der Waals surface area contributed by atoms with E-state index in [0.717, 1.165) is 5.25 Å². The van der Waals surface area contributed by atoms with Gasteiger partial charge in [-0.3, -0.25) is 0 Å². The van der Waals surface area contributed by atoms with Gasteiger partial charge in [-0.15, -0.1) is 11.8 Å². The molecule has 0 fully saturated rings. The molecule has 0 saturated heterocycles. The Kier molecular flexibility index (Phi) is 5.64. The Morgan fingerprint density at radius 1 is 1.36 bits per heavy atom. The van der Waals surface area contributed by atoms with Crippen molar-refractivity contribution >= 4 is 27.7 Å². The Hall–Kier alpha value is 0.0500. The van der Waals surface area contributed by atoms with Crippen LogP contribution in [-0.2, 0) is 0 Å². The fourth-order valence-corrected chi connectivity index (χ4v) is 3.21. The maximum Gasteiger partial charge on any atom is 0.0186 e. The van der Waals surface area contributed by atoms with E-state index in [1.165, 1.54) is 28.6 Å². The van der Waals surface area contributed by atoms with Crippen LogP contribution < -0.4 is 0 Å². The molecule has 0 aliphatic heterocycles. The molecule has 0 nitrogen and oxygen atoms in total. The van der Waals surface area contributed by atoms with Gasteiger partial charge in [-0.1, -0.05) is 42.3 Å². The van der Waals surface area contributed by atoms with E-state index in [2.05, 4.69) is 54.0 Å². The zero-order valence-corrected chi connectivity index (χ0v) is 11.2. The first-order chi connectivity index (χ1) is 6.76. The fourth-order valence-electron chi connectivity index (χ4n) is 1.40. The van der Waals surface area contributed by atoms with Crippen LogP contribution in [0, 0.1) is 0 Å². The highest BCUT2D eigenvalue weighted by Gasteiger charge is 2.06. The second kappa shape index (κ2) is 6.52. The Balaban J connectivity index is 2.57. The average molecular weight is 273 g/mol. The monoisotopic (exact) mass is 272 g/mol. The minimum absolute atomic E-state index is 0.772. The van der Waals surface area contributed by atoms with Gasteiger partial charge in [-0.25, -0.2) is 0 Å². The second-order valence-corrected chi connectivity index (χ2v) is 5.68. The molecule has 1 unspecified atom stereocenters. The molecule has 0 spiro atoms. The quantitative estimate of drug-likeness (QED) is 0.671. The molecule has 1 atom stereocenters. The van der Waals surface area contributed by atoms with Crippen LogP contribution in [0.3, 0.4) is 0 Å². The summed E-state index contributed by atoms with van der Waals surface area (Å²) < 4.78 is 1.17. The molecule has 14 heavy (non-hydrogen) atoms. The summed E-state index contributed by atoms with van der Waals surface area (Å²) in [6.45, 7) is 4.52. The van der Waals surface area contributed by atoms with Gasteiger partial charge in [0.15, 0.2) is 0 Å². The number of rotatable bonds is 5. The van der Waals surface area contributed by atoms with Gasteiger partial charge in [0, 0.05) is 14.6 Å². The van der Waals surface area contributed by atoms with Crippen LogP contribution in [-0.4, -0.2) is 5.25 Å². The van der Waals surface area contributed by atoms with E-state index >= 15 is 0 Å². The lowest BCUT2D eigenvalue weighted by molar-refractivity contribution is 0.719. The lowest BCUT2D eigenvalue weighted by Crippen LogP contribution is -1.99. The number of thioether (sulfide) groups is 1. The molecule has 78 valence electrons. The van der Waals surface area contributed by atoms with Gasteiger partial charge in [0.25, 0.3) is 0 Å². The van der Waals surface area contributed by atoms with Gasteiger partial charge in [-0.2, -0.15) is 0 Å². The van der Waals surface area contributed by atoms with Crippen molar-refractivity contribution in [3.05, 3.63) is 28.7 Å². The third-order valence-electron chi connectivity index (χ3n) is 2.16. The summed E-state index contributed by atoms with van der Waals surface area (Å²) in [5, 5.41) is 0.772. The zero-order valence-electron chi connectivity index (χ0n) is 8.79. The summed E-state index contributed by atoms with van der Waals surface area (Å²) in [4.78, 5) is 1.37. The van der Waals surface area contributed by atoms with Gasteiger partial charge in [0.1, 0.15) is 0 Å². The predicted molar refractivity (Wildman–Crippen MR) is 69.0 cm³/mol. The van der Waals surface area contributed by atoms with Crippen molar-refractivity contribution in [1.29, 1.82) is 0 Å². The van der Waals surface area contributed by atoms with Crippen LogP contribution >= 0.6 is 27.7 Å². The van der Waals surface area contributed by atoms with Crippen LogP contribution in [0.25, 0.3) is 0 Å². The van der Waals surface area contributed by atoms with Gasteiger partial charge in [0.2, 0.25) is 0 Å². The summed E-state index contributed by atoms with van der Waals surface area (Å²) in [5.74, 6) is 0. The summed E-state index contributed by atoms with van der Waals surface area (Å²) in [5.41, 5.74) is 0. The van der Waals surface area contributed by atoms with Crippen molar-refractivity contribution in [2.45, 2.75) is 43.3 Å². The minimum Gasteiger partial charge on any atom is -0.123 e. The summed E-state index contributed by atoms with van der Waals surface area (Å²) in [7, 11) is 0. The first-order valence-corrected chi connectivity index (χ1v) is 6.85. The molecular formula is C12H17BrS. The average Bonchev–Trinajstić information content (AvgIpc) is 2.17. The van der Waals surface area contributed by atoms with Gasteiger partial charge in [0.05, 0.1) is 0 Å². The molecule has 0 N–H and O–H groups in total. The van der Waals surface area contributed by atoms with Gasteiger partial charge < -0.3 is 0 Å². The molecule has 0 radical (unpaired) electrons. The van der Waals surface area contributed by atoms with E-state index in [1.54, 1.807) is 0 Å². The van der Waals surface area contributed by atoms with Crippen LogP contribution in [0.15, 0.2) is 33.6 Å². The first-order valence-electron chi connectivity index (χ1n) is 5.18. The van der Waals surface area contributed by atoms with E-state index in [-0.39, 0.29) is 0 Å².